The van der Waals surface area contributed by atoms with Crippen LogP contribution < -0.4 is 5.32 Å². The molecule has 0 fully saturated rings. The van der Waals surface area contributed by atoms with Gasteiger partial charge in [0.05, 0.1) is 12.7 Å². The lowest BCUT2D eigenvalue weighted by Crippen LogP contribution is -2.26. The van der Waals surface area contributed by atoms with Crippen molar-refractivity contribution in [3.05, 3.63) is 95.9 Å². The predicted octanol–water partition coefficient (Wildman–Crippen LogP) is 3.73. The van der Waals surface area contributed by atoms with E-state index in [2.05, 4.69) is 5.32 Å². The van der Waals surface area contributed by atoms with Gasteiger partial charge in [0.25, 0.3) is 5.91 Å². The Kier molecular flexibility index (Phi) is 5.83. The fraction of sp³-hybridized carbons (Fsp3) is 0.143. The fourth-order valence-corrected chi connectivity index (χ4v) is 2.55. The lowest BCUT2D eigenvalue weighted by Gasteiger charge is -2.19. The van der Waals surface area contributed by atoms with Crippen LogP contribution in [0.3, 0.4) is 0 Å². The number of carbonyl (C=O) groups is 2. The SMILES string of the molecule is O=C(CCNC(=O)c1ccco1)OC(c1ccccc1)c1ccccc1. The molecular formula is C21H19NO4. The smallest absolute Gasteiger partial charge is 0.308 e. The van der Waals surface area contributed by atoms with Gasteiger partial charge in [-0.1, -0.05) is 60.7 Å². The first-order chi connectivity index (χ1) is 12.7. The average molecular weight is 349 g/mol. The number of furan rings is 1. The van der Waals surface area contributed by atoms with Crippen LogP contribution in [0.15, 0.2) is 83.5 Å². The van der Waals surface area contributed by atoms with Gasteiger partial charge in [0.1, 0.15) is 0 Å². The van der Waals surface area contributed by atoms with E-state index in [1.165, 1.54) is 6.26 Å². The fourth-order valence-electron chi connectivity index (χ4n) is 2.55. The van der Waals surface area contributed by atoms with Crippen molar-refractivity contribution < 1.29 is 18.7 Å². The molecule has 5 nitrogen and oxygen atoms in total. The summed E-state index contributed by atoms with van der Waals surface area (Å²) in [7, 11) is 0. The average Bonchev–Trinajstić information content (AvgIpc) is 3.22. The van der Waals surface area contributed by atoms with E-state index in [0.717, 1.165) is 11.1 Å². The Labute approximate surface area is 151 Å². The summed E-state index contributed by atoms with van der Waals surface area (Å²) >= 11 is 0. The molecule has 0 unspecified atom stereocenters. The second kappa shape index (κ2) is 8.67. The van der Waals surface area contributed by atoms with Crippen molar-refractivity contribution in [3.8, 4) is 0 Å². The number of ether oxygens (including phenoxy) is 1. The Balaban J connectivity index is 1.60. The molecule has 0 radical (unpaired) electrons. The van der Waals surface area contributed by atoms with Crippen LogP contribution in [0, 0.1) is 0 Å². The van der Waals surface area contributed by atoms with E-state index in [9.17, 15) is 9.59 Å². The number of rotatable bonds is 7. The Morgan fingerprint density at radius 1 is 0.885 bits per heavy atom. The van der Waals surface area contributed by atoms with Crippen LogP contribution in [-0.4, -0.2) is 18.4 Å². The summed E-state index contributed by atoms with van der Waals surface area (Å²) in [6.07, 6.45) is 1.02. The Morgan fingerprint density at radius 3 is 2.04 bits per heavy atom. The first kappa shape index (κ1) is 17.5. The van der Waals surface area contributed by atoms with Gasteiger partial charge in [-0.3, -0.25) is 9.59 Å². The maximum atomic E-state index is 12.3. The van der Waals surface area contributed by atoms with Crippen molar-refractivity contribution in [2.24, 2.45) is 0 Å². The summed E-state index contributed by atoms with van der Waals surface area (Å²) in [5.41, 5.74) is 1.79. The van der Waals surface area contributed by atoms with Gasteiger partial charge >= 0.3 is 5.97 Å². The molecule has 0 aliphatic carbocycles. The maximum absolute atomic E-state index is 12.3. The van der Waals surface area contributed by atoms with Gasteiger partial charge in [-0.2, -0.15) is 0 Å². The molecule has 1 amide bonds. The maximum Gasteiger partial charge on any atom is 0.308 e. The molecule has 132 valence electrons. The minimum Gasteiger partial charge on any atom is -0.459 e. The molecule has 0 saturated carbocycles. The summed E-state index contributed by atoms with van der Waals surface area (Å²) < 4.78 is 10.7. The summed E-state index contributed by atoms with van der Waals surface area (Å²) in [6.45, 7) is 0.175. The number of hydrogen-bond acceptors (Lipinski definition) is 4. The van der Waals surface area contributed by atoms with Crippen molar-refractivity contribution in [3.63, 3.8) is 0 Å². The highest BCUT2D eigenvalue weighted by Gasteiger charge is 2.19. The third-order valence-corrected chi connectivity index (χ3v) is 3.81. The monoisotopic (exact) mass is 349 g/mol. The number of benzene rings is 2. The largest absolute Gasteiger partial charge is 0.459 e. The van der Waals surface area contributed by atoms with Crippen molar-refractivity contribution in [2.75, 3.05) is 6.54 Å². The molecule has 0 aliphatic rings. The van der Waals surface area contributed by atoms with E-state index >= 15 is 0 Å². The van der Waals surface area contributed by atoms with E-state index < -0.39 is 6.10 Å². The summed E-state index contributed by atoms with van der Waals surface area (Å²) in [5.74, 6) is -0.530. The van der Waals surface area contributed by atoms with Crippen molar-refractivity contribution in [1.82, 2.24) is 5.32 Å². The van der Waals surface area contributed by atoms with Gasteiger partial charge in [0.2, 0.25) is 0 Å². The van der Waals surface area contributed by atoms with Crippen LogP contribution >= 0.6 is 0 Å². The van der Waals surface area contributed by atoms with Gasteiger partial charge in [-0.05, 0) is 23.3 Å². The van der Waals surface area contributed by atoms with Crippen LogP contribution in [0.25, 0.3) is 0 Å². The van der Waals surface area contributed by atoms with E-state index in [1.54, 1.807) is 12.1 Å². The molecule has 2 aromatic carbocycles. The molecule has 0 aliphatic heterocycles. The van der Waals surface area contributed by atoms with Gasteiger partial charge in [0.15, 0.2) is 11.9 Å². The molecule has 1 N–H and O–H groups in total. The molecular weight excluding hydrogens is 330 g/mol. The van der Waals surface area contributed by atoms with Gasteiger partial charge in [-0.25, -0.2) is 0 Å². The van der Waals surface area contributed by atoms with Crippen LogP contribution in [0.2, 0.25) is 0 Å². The van der Waals surface area contributed by atoms with Gasteiger partial charge in [0, 0.05) is 6.54 Å². The minimum absolute atomic E-state index is 0.0720. The molecule has 5 heteroatoms. The highest BCUT2D eigenvalue weighted by molar-refractivity contribution is 5.91. The van der Waals surface area contributed by atoms with Crippen molar-refractivity contribution in [1.29, 1.82) is 0 Å². The highest BCUT2D eigenvalue weighted by Crippen LogP contribution is 2.26. The van der Waals surface area contributed by atoms with E-state index in [4.69, 9.17) is 9.15 Å². The second-order valence-electron chi connectivity index (χ2n) is 5.67. The van der Waals surface area contributed by atoms with E-state index in [1.807, 2.05) is 60.7 Å². The second-order valence-corrected chi connectivity index (χ2v) is 5.67. The lowest BCUT2D eigenvalue weighted by molar-refractivity contribution is -0.147. The molecule has 0 bridgehead atoms. The zero-order valence-corrected chi connectivity index (χ0v) is 14.1. The Morgan fingerprint density at radius 2 is 1.50 bits per heavy atom. The molecule has 0 atom stereocenters. The summed E-state index contributed by atoms with van der Waals surface area (Å²) in [5, 5.41) is 2.64. The molecule has 3 aromatic rings. The van der Waals surface area contributed by atoms with Crippen molar-refractivity contribution in [2.45, 2.75) is 12.5 Å². The van der Waals surface area contributed by atoms with Crippen molar-refractivity contribution >= 4 is 11.9 Å². The van der Waals surface area contributed by atoms with E-state index in [-0.39, 0.29) is 30.6 Å². The zero-order valence-electron chi connectivity index (χ0n) is 14.1. The number of amides is 1. The summed E-state index contributed by atoms with van der Waals surface area (Å²) in [4.78, 5) is 24.1. The minimum atomic E-state index is -0.481. The van der Waals surface area contributed by atoms with Crippen LogP contribution in [0.1, 0.15) is 34.2 Å². The Bertz CT molecular complexity index is 789. The topological polar surface area (TPSA) is 68.5 Å². The van der Waals surface area contributed by atoms with Gasteiger partial charge < -0.3 is 14.5 Å². The summed E-state index contributed by atoms with van der Waals surface area (Å²) in [6, 6.07) is 22.3. The van der Waals surface area contributed by atoms with E-state index in [0.29, 0.717) is 0 Å². The molecule has 0 saturated heterocycles. The molecule has 26 heavy (non-hydrogen) atoms. The number of carbonyl (C=O) groups excluding carboxylic acids is 2. The first-order valence-electron chi connectivity index (χ1n) is 8.35. The molecule has 1 heterocycles. The molecule has 0 spiro atoms. The van der Waals surface area contributed by atoms with Crippen LogP contribution in [0.5, 0.6) is 0 Å². The normalized spacial score (nSPS) is 10.5. The quantitative estimate of drug-likeness (QED) is 0.660. The van der Waals surface area contributed by atoms with Gasteiger partial charge in [-0.15, -0.1) is 0 Å². The number of esters is 1. The Hall–Kier alpha value is -3.34. The third kappa shape index (κ3) is 4.60. The number of hydrogen-bond donors (Lipinski definition) is 1. The third-order valence-electron chi connectivity index (χ3n) is 3.81. The first-order valence-corrected chi connectivity index (χ1v) is 8.35. The predicted molar refractivity (Wildman–Crippen MR) is 96.5 cm³/mol. The standard InChI is InChI=1S/C21H19NO4/c23-19(13-14-22-21(24)18-12-7-15-25-18)26-20(16-8-3-1-4-9-16)17-10-5-2-6-11-17/h1-12,15,20H,13-14H2,(H,22,24). The molecule has 3 rings (SSSR count). The van der Waals surface area contributed by atoms with Crippen LogP contribution in [-0.2, 0) is 9.53 Å². The number of nitrogens with one attached hydrogen (secondary N) is 1. The zero-order chi connectivity index (χ0) is 18.2. The molecule has 1 aromatic heterocycles. The lowest BCUT2D eigenvalue weighted by atomic mass is 10.0. The van der Waals surface area contributed by atoms with Crippen LogP contribution in [0.4, 0.5) is 0 Å². The highest BCUT2D eigenvalue weighted by atomic mass is 16.5.